The summed E-state index contributed by atoms with van der Waals surface area (Å²) in [4.78, 5) is 5.48. The van der Waals surface area contributed by atoms with E-state index >= 15 is 0 Å². The van der Waals surface area contributed by atoms with Crippen LogP contribution in [0.2, 0.25) is 0 Å². The van der Waals surface area contributed by atoms with Gasteiger partial charge in [-0.1, -0.05) is 37.3 Å². The number of benzene rings is 1. The van der Waals surface area contributed by atoms with E-state index in [4.69, 9.17) is 0 Å². The van der Waals surface area contributed by atoms with E-state index in [1.807, 2.05) is 26.0 Å². The van der Waals surface area contributed by atoms with Crippen molar-refractivity contribution >= 4 is 26.3 Å². The zero-order chi connectivity index (χ0) is 18.2. The van der Waals surface area contributed by atoms with Crippen LogP contribution < -0.4 is 4.72 Å². The van der Waals surface area contributed by atoms with Crippen LogP contribution in [0.25, 0.3) is 4.96 Å². The fraction of sp³-hybridized carbons (Fsp3) is 0.412. The van der Waals surface area contributed by atoms with Crippen molar-refractivity contribution in [3.8, 4) is 0 Å². The van der Waals surface area contributed by atoms with Gasteiger partial charge in [-0.05, 0) is 43.9 Å². The zero-order valence-electron chi connectivity index (χ0n) is 14.8. The van der Waals surface area contributed by atoms with Gasteiger partial charge in [-0.2, -0.15) is 5.10 Å². The van der Waals surface area contributed by atoms with Gasteiger partial charge in [0, 0.05) is 0 Å². The third-order valence-electron chi connectivity index (χ3n) is 3.90. The molecule has 0 aliphatic heterocycles. The summed E-state index contributed by atoms with van der Waals surface area (Å²) in [5.41, 5.74) is 2.69. The summed E-state index contributed by atoms with van der Waals surface area (Å²) < 4.78 is 29.5. The third-order valence-corrected chi connectivity index (χ3v) is 6.15. The molecule has 0 saturated heterocycles. The Morgan fingerprint density at radius 2 is 1.88 bits per heavy atom. The first-order valence-electron chi connectivity index (χ1n) is 8.16. The van der Waals surface area contributed by atoms with E-state index in [2.05, 4.69) is 28.7 Å². The van der Waals surface area contributed by atoms with E-state index in [-0.39, 0.29) is 11.4 Å². The molecular formula is C17H22N4O2S2. The van der Waals surface area contributed by atoms with E-state index in [0.717, 1.165) is 33.3 Å². The first-order chi connectivity index (χ1) is 11.8. The van der Waals surface area contributed by atoms with Gasteiger partial charge in [0.2, 0.25) is 15.0 Å². The van der Waals surface area contributed by atoms with Gasteiger partial charge in [-0.3, -0.25) is 0 Å². The van der Waals surface area contributed by atoms with Gasteiger partial charge in [0.05, 0.1) is 22.8 Å². The molecule has 0 radical (unpaired) electrons. The van der Waals surface area contributed by atoms with Gasteiger partial charge in [0.15, 0.2) is 0 Å². The highest BCUT2D eigenvalue weighted by Crippen LogP contribution is 2.19. The molecule has 0 aliphatic rings. The number of rotatable bonds is 6. The molecule has 25 heavy (non-hydrogen) atoms. The largest absolute Gasteiger partial charge is 0.240 e. The van der Waals surface area contributed by atoms with Crippen LogP contribution in [0.1, 0.15) is 35.8 Å². The maximum Gasteiger partial charge on any atom is 0.240 e. The van der Waals surface area contributed by atoms with Crippen molar-refractivity contribution < 1.29 is 8.42 Å². The molecule has 2 heterocycles. The minimum Gasteiger partial charge on any atom is -0.223 e. The molecule has 1 aromatic carbocycles. The Hall–Kier alpha value is -1.77. The topological polar surface area (TPSA) is 76.4 Å². The van der Waals surface area contributed by atoms with Crippen molar-refractivity contribution in [3.63, 3.8) is 0 Å². The van der Waals surface area contributed by atoms with Crippen LogP contribution in [-0.4, -0.2) is 23.0 Å². The molecule has 0 amide bonds. The molecule has 3 rings (SSSR count). The number of aryl methyl sites for hydroxylation is 2. The van der Waals surface area contributed by atoms with Gasteiger partial charge in [-0.15, -0.1) is 0 Å². The number of imidazole rings is 1. The van der Waals surface area contributed by atoms with Crippen molar-refractivity contribution in [2.45, 2.75) is 45.6 Å². The molecule has 0 aliphatic carbocycles. The average molecular weight is 379 g/mol. The van der Waals surface area contributed by atoms with Crippen molar-refractivity contribution in [1.82, 2.24) is 19.3 Å². The highest BCUT2D eigenvalue weighted by molar-refractivity contribution is 7.89. The summed E-state index contributed by atoms with van der Waals surface area (Å²) in [6.45, 7) is 8.21. The number of sulfonamides is 1. The standard InChI is InChI=1S/C17H22N4O2S2/c1-11(2)9-14-5-7-15(8-6-14)25(22,23)18-10-16-12(3)19-17-21(16)20-13(4)24-17/h5-8,11,18H,9-10H2,1-4H3. The lowest BCUT2D eigenvalue weighted by molar-refractivity contribution is 0.579. The predicted molar refractivity (Wildman–Crippen MR) is 99.3 cm³/mol. The maximum absolute atomic E-state index is 12.6. The van der Waals surface area contributed by atoms with Crippen molar-refractivity contribution in [2.75, 3.05) is 0 Å². The van der Waals surface area contributed by atoms with Crippen LogP contribution in [0, 0.1) is 19.8 Å². The van der Waals surface area contributed by atoms with Gasteiger partial charge in [0.25, 0.3) is 0 Å². The first-order valence-corrected chi connectivity index (χ1v) is 10.5. The van der Waals surface area contributed by atoms with E-state index < -0.39 is 10.0 Å². The minimum absolute atomic E-state index is 0.159. The normalized spacial score (nSPS) is 12.4. The number of aromatic nitrogens is 3. The highest BCUT2D eigenvalue weighted by atomic mass is 32.2. The summed E-state index contributed by atoms with van der Waals surface area (Å²) in [6, 6.07) is 7.07. The summed E-state index contributed by atoms with van der Waals surface area (Å²) in [7, 11) is -3.58. The van der Waals surface area contributed by atoms with Crippen molar-refractivity contribution in [1.29, 1.82) is 0 Å². The molecule has 0 saturated carbocycles. The fourth-order valence-electron chi connectivity index (χ4n) is 2.71. The van der Waals surface area contributed by atoms with E-state index in [1.54, 1.807) is 16.6 Å². The van der Waals surface area contributed by atoms with E-state index in [9.17, 15) is 8.42 Å². The Balaban J connectivity index is 1.78. The fourth-order valence-corrected chi connectivity index (χ4v) is 4.51. The van der Waals surface area contributed by atoms with Gasteiger partial charge in [-0.25, -0.2) is 22.6 Å². The smallest absolute Gasteiger partial charge is 0.223 e. The van der Waals surface area contributed by atoms with Crippen LogP contribution in [0.15, 0.2) is 29.2 Å². The number of hydrogen-bond acceptors (Lipinski definition) is 5. The molecule has 0 unspecified atom stereocenters. The summed E-state index contributed by atoms with van der Waals surface area (Å²) in [5.74, 6) is 0.536. The molecule has 1 N–H and O–H groups in total. The van der Waals surface area contributed by atoms with Gasteiger partial charge >= 0.3 is 0 Å². The van der Waals surface area contributed by atoms with Crippen LogP contribution in [0.5, 0.6) is 0 Å². The Morgan fingerprint density at radius 3 is 2.52 bits per heavy atom. The summed E-state index contributed by atoms with van der Waals surface area (Å²) >= 11 is 1.49. The van der Waals surface area contributed by atoms with E-state index in [0.29, 0.717) is 5.92 Å². The number of fused-ring (bicyclic) bond motifs is 1. The molecule has 3 aromatic rings. The second-order valence-electron chi connectivity index (χ2n) is 6.53. The van der Waals surface area contributed by atoms with Gasteiger partial charge < -0.3 is 0 Å². The van der Waals surface area contributed by atoms with Crippen LogP contribution >= 0.6 is 11.3 Å². The van der Waals surface area contributed by atoms with Crippen LogP contribution in [0.3, 0.4) is 0 Å². The van der Waals surface area contributed by atoms with Crippen LogP contribution in [0.4, 0.5) is 0 Å². The summed E-state index contributed by atoms with van der Waals surface area (Å²) in [5, 5.41) is 5.28. The second-order valence-corrected chi connectivity index (χ2v) is 9.45. The third kappa shape index (κ3) is 3.91. The molecule has 0 spiro atoms. The quantitative estimate of drug-likeness (QED) is 0.715. The molecular weight excluding hydrogens is 356 g/mol. The Morgan fingerprint density at radius 1 is 1.20 bits per heavy atom. The SMILES string of the molecule is Cc1nn2c(CNS(=O)(=O)c3ccc(CC(C)C)cc3)c(C)nc2s1. The van der Waals surface area contributed by atoms with Crippen molar-refractivity contribution in [2.24, 2.45) is 5.92 Å². The summed E-state index contributed by atoms with van der Waals surface area (Å²) in [6.07, 6.45) is 0.934. The lowest BCUT2D eigenvalue weighted by Gasteiger charge is -2.09. The molecule has 2 aromatic heterocycles. The minimum atomic E-state index is -3.58. The second kappa shape index (κ2) is 6.86. The average Bonchev–Trinajstić information content (AvgIpc) is 3.00. The monoisotopic (exact) mass is 378 g/mol. The van der Waals surface area contributed by atoms with Gasteiger partial charge in [0.1, 0.15) is 5.01 Å². The van der Waals surface area contributed by atoms with Crippen molar-refractivity contribution in [3.05, 3.63) is 46.2 Å². The number of nitrogens with zero attached hydrogens (tertiary/aromatic N) is 3. The lowest BCUT2D eigenvalue weighted by Crippen LogP contribution is -2.24. The molecule has 0 bridgehead atoms. The molecule has 6 nitrogen and oxygen atoms in total. The molecule has 8 heteroatoms. The maximum atomic E-state index is 12.6. The Bertz CT molecular complexity index is 986. The predicted octanol–water partition coefficient (Wildman–Crippen LogP) is 3.08. The lowest BCUT2D eigenvalue weighted by atomic mass is 10.0. The van der Waals surface area contributed by atoms with E-state index in [1.165, 1.54) is 11.3 Å². The molecule has 0 atom stereocenters. The molecule has 134 valence electrons. The number of nitrogens with one attached hydrogen (secondary N) is 1. The highest BCUT2D eigenvalue weighted by Gasteiger charge is 2.18. The Kier molecular flexibility index (Phi) is 4.95. The molecule has 0 fully saturated rings. The Labute approximate surface area is 152 Å². The first kappa shape index (κ1) is 18.0. The number of hydrogen-bond donors (Lipinski definition) is 1. The zero-order valence-corrected chi connectivity index (χ0v) is 16.4. The van der Waals surface area contributed by atoms with Crippen LogP contribution in [-0.2, 0) is 23.0 Å².